The van der Waals surface area contributed by atoms with Crippen molar-refractivity contribution in [3.8, 4) is 17.2 Å². The van der Waals surface area contributed by atoms with Crippen LogP contribution in [0.3, 0.4) is 0 Å². The molecule has 30 heavy (non-hydrogen) atoms. The minimum absolute atomic E-state index is 0.159. The first-order valence-corrected chi connectivity index (χ1v) is 9.37. The van der Waals surface area contributed by atoms with Crippen molar-refractivity contribution in [2.75, 3.05) is 19.8 Å². The van der Waals surface area contributed by atoms with E-state index in [1.165, 1.54) is 30.3 Å². The number of carbonyl (C=O) groups is 1. The maximum atomic E-state index is 13.0. The zero-order valence-electron chi connectivity index (χ0n) is 16.9. The summed E-state index contributed by atoms with van der Waals surface area (Å²) in [5.74, 6) is 0.379. The van der Waals surface area contributed by atoms with Gasteiger partial charge in [0.15, 0.2) is 11.5 Å². The molecule has 6 nitrogen and oxygen atoms in total. The van der Waals surface area contributed by atoms with Gasteiger partial charge >= 0.3 is 6.18 Å². The van der Waals surface area contributed by atoms with Crippen LogP contribution in [0.25, 0.3) is 0 Å². The van der Waals surface area contributed by atoms with Crippen molar-refractivity contribution in [3.05, 3.63) is 53.1 Å². The van der Waals surface area contributed by atoms with E-state index in [1.807, 2.05) is 0 Å². The smallest absolute Gasteiger partial charge is 0.417 e. The summed E-state index contributed by atoms with van der Waals surface area (Å²) in [5.41, 5.74) is 1.38. The average molecular weight is 424 g/mol. The summed E-state index contributed by atoms with van der Waals surface area (Å²) in [5, 5.41) is 3.66. The summed E-state index contributed by atoms with van der Waals surface area (Å²) < 4.78 is 55.8. The van der Waals surface area contributed by atoms with Crippen LogP contribution in [-0.4, -0.2) is 31.9 Å². The molecular weight excluding hydrogens is 401 g/mol. The molecule has 1 amide bonds. The van der Waals surface area contributed by atoms with E-state index in [1.54, 1.807) is 20.8 Å². The number of amides is 1. The second-order valence-electron chi connectivity index (χ2n) is 5.88. The van der Waals surface area contributed by atoms with Gasteiger partial charge in [0.25, 0.3) is 5.91 Å². The van der Waals surface area contributed by atoms with Crippen LogP contribution >= 0.6 is 0 Å². The number of benzene rings is 2. The van der Waals surface area contributed by atoms with E-state index in [2.05, 4.69) is 10.5 Å². The Hall–Kier alpha value is -3.23. The van der Waals surface area contributed by atoms with Crippen LogP contribution in [-0.2, 0) is 6.18 Å². The number of nitrogens with zero attached hydrogens (tertiary/aromatic N) is 1. The van der Waals surface area contributed by atoms with Gasteiger partial charge in [0, 0.05) is 11.1 Å². The number of alkyl halides is 3. The van der Waals surface area contributed by atoms with Gasteiger partial charge in [-0.1, -0.05) is 18.2 Å². The normalized spacial score (nSPS) is 11.4. The van der Waals surface area contributed by atoms with Gasteiger partial charge in [-0.25, -0.2) is 5.43 Å². The molecule has 0 atom stereocenters. The third-order valence-corrected chi connectivity index (χ3v) is 3.81. The number of hydrazone groups is 1. The highest BCUT2D eigenvalue weighted by molar-refractivity contribution is 5.96. The molecule has 0 saturated heterocycles. The first-order valence-electron chi connectivity index (χ1n) is 9.37. The first-order chi connectivity index (χ1) is 14.3. The quantitative estimate of drug-likeness (QED) is 0.469. The minimum Gasteiger partial charge on any atom is -0.490 e. The number of nitrogens with one attached hydrogen (secondary N) is 1. The lowest BCUT2D eigenvalue weighted by molar-refractivity contribution is -0.137. The van der Waals surface area contributed by atoms with Crippen LogP contribution in [0.2, 0.25) is 0 Å². The molecule has 0 aromatic heterocycles. The molecule has 162 valence electrons. The molecule has 0 radical (unpaired) electrons. The van der Waals surface area contributed by atoms with Gasteiger partial charge in [-0.3, -0.25) is 4.79 Å². The topological polar surface area (TPSA) is 69.2 Å². The molecule has 0 unspecified atom stereocenters. The fraction of sp³-hybridized carbons (Fsp3) is 0.333. The van der Waals surface area contributed by atoms with E-state index >= 15 is 0 Å². The van der Waals surface area contributed by atoms with Crippen LogP contribution < -0.4 is 19.6 Å². The Morgan fingerprint density at radius 3 is 2.10 bits per heavy atom. The van der Waals surface area contributed by atoms with Crippen LogP contribution in [0.15, 0.2) is 41.5 Å². The van der Waals surface area contributed by atoms with E-state index in [-0.39, 0.29) is 11.1 Å². The lowest BCUT2D eigenvalue weighted by Gasteiger charge is -2.16. The minimum atomic E-state index is -4.53. The van der Waals surface area contributed by atoms with Crippen LogP contribution in [0.5, 0.6) is 17.2 Å². The molecule has 0 heterocycles. The lowest BCUT2D eigenvalue weighted by atomic mass is 10.1. The van der Waals surface area contributed by atoms with Crippen molar-refractivity contribution in [2.24, 2.45) is 5.10 Å². The van der Waals surface area contributed by atoms with Gasteiger partial charge in [0.05, 0.1) is 31.6 Å². The Balaban J connectivity index is 2.28. The molecule has 0 aliphatic heterocycles. The molecular formula is C21H23F3N2O4. The molecule has 2 aromatic carbocycles. The van der Waals surface area contributed by atoms with Crippen molar-refractivity contribution < 1.29 is 32.2 Å². The van der Waals surface area contributed by atoms with Crippen LogP contribution in [0.1, 0.15) is 42.3 Å². The molecule has 0 aliphatic carbocycles. The van der Waals surface area contributed by atoms with E-state index in [9.17, 15) is 18.0 Å². The number of rotatable bonds is 9. The lowest BCUT2D eigenvalue weighted by Crippen LogP contribution is -2.18. The Bertz CT molecular complexity index is 871. The number of carbonyl (C=O) groups excluding carboxylic acids is 1. The second kappa shape index (κ2) is 10.5. The van der Waals surface area contributed by atoms with Gasteiger partial charge in [0.2, 0.25) is 5.75 Å². The zero-order chi connectivity index (χ0) is 22.1. The molecule has 2 rings (SSSR count). The predicted molar refractivity (Wildman–Crippen MR) is 106 cm³/mol. The third-order valence-electron chi connectivity index (χ3n) is 3.81. The Morgan fingerprint density at radius 2 is 1.57 bits per heavy atom. The van der Waals surface area contributed by atoms with E-state index in [0.717, 1.165) is 12.3 Å². The van der Waals surface area contributed by atoms with Gasteiger partial charge < -0.3 is 14.2 Å². The van der Waals surface area contributed by atoms with Crippen molar-refractivity contribution >= 4 is 12.1 Å². The van der Waals surface area contributed by atoms with Crippen molar-refractivity contribution in [2.45, 2.75) is 26.9 Å². The summed E-state index contributed by atoms with van der Waals surface area (Å²) in [6.45, 7) is 6.41. The highest BCUT2D eigenvalue weighted by Gasteiger charge is 2.32. The number of ether oxygens (including phenoxy) is 3. The van der Waals surface area contributed by atoms with Gasteiger partial charge in [-0.05, 0) is 39.0 Å². The standard InChI is InChI=1S/C21H23F3N2O4/c1-4-28-17-11-15(12-18(29-5-2)19(17)30-6-3)20(27)26-25-13-14-9-7-8-10-16(14)21(22,23)24/h7-13H,4-6H2,1-3H3,(H,26,27). The molecule has 0 bridgehead atoms. The van der Waals surface area contributed by atoms with E-state index < -0.39 is 17.6 Å². The fourth-order valence-corrected chi connectivity index (χ4v) is 2.61. The largest absolute Gasteiger partial charge is 0.490 e. The zero-order valence-corrected chi connectivity index (χ0v) is 16.9. The third kappa shape index (κ3) is 5.88. The van der Waals surface area contributed by atoms with Crippen molar-refractivity contribution in [1.29, 1.82) is 0 Å². The van der Waals surface area contributed by atoms with Gasteiger partial charge in [-0.2, -0.15) is 18.3 Å². The average Bonchev–Trinajstić information content (AvgIpc) is 2.70. The Kier molecular flexibility index (Phi) is 8.08. The van der Waals surface area contributed by atoms with Crippen molar-refractivity contribution in [3.63, 3.8) is 0 Å². The summed E-state index contributed by atoms with van der Waals surface area (Å²) in [6, 6.07) is 7.86. The molecule has 9 heteroatoms. The Labute approximate surface area is 172 Å². The van der Waals surface area contributed by atoms with Gasteiger partial charge in [-0.15, -0.1) is 0 Å². The summed E-state index contributed by atoms with van der Waals surface area (Å²) in [7, 11) is 0. The molecule has 1 N–H and O–H groups in total. The molecule has 0 aliphatic rings. The molecule has 0 spiro atoms. The summed E-state index contributed by atoms with van der Waals surface area (Å²) in [4.78, 5) is 12.5. The summed E-state index contributed by atoms with van der Waals surface area (Å²) >= 11 is 0. The van der Waals surface area contributed by atoms with Gasteiger partial charge in [0.1, 0.15) is 0 Å². The highest BCUT2D eigenvalue weighted by atomic mass is 19.4. The monoisotopic (exact) mass is 424 g/mol. The summed E-state index contributed by atoms with van der Waals surface area (Å²) in [6.07, 6.45) is -3.58. The van der Waals surface area contributed by atoms with Crippen LogP contribution in [0, 0.1) is 0 Å². The van der Waals surface area contributed by atoms with Crippen molar-refractivity contribution in [1.82, 2.24) is 5.43 Å². The number of halogens is 3. The highest BCUT2D eigenvalue weighted by Crippen LogP contribution is 2.39. The number of hydrogen-bond acceptors (Lipinski definition) is 5. The second-order valence-corrected chi connectivity index (χ2v) is 5.88. The SMILES string of the molecule is CCOc1cc(C(=O)NN=Cc2ccccc2C(F)(F)F)cc(OCC)c1OCC. The maximum absolute atomic E-state index is 13.0. The maximum Gasteiger partial charge on any atom is 0.417 e. The van der Waals surface area contributed by atoms with E-state index in [0.29, 0.717) is 37.1 Å². The van der Waals surface area contributed by atoms with E-state index in [4.69, 9.17) is 14.2 Å². The number of hydrogen-bond donors (Lipinski definition) is 1. The molecule has 0 saturated carbocycles. The Morgan fingerprint density at radius 1 is 1.00 bits per heavy atom. The molecule has 0 fully saturated rings. The predicted octanol–water partition coefficient (Wildman–Crippen LogP) is 4.67. The van der Waals surface area contributed by atoms with Crippen LogP contribution in [0.4, 0.5) is 13.2 Å². The first kappa shape index (κ1) is 23.1. The molecule has 2 aromatic rings. The fourth-order valence-electron chi connectivity index (χ4n) is 2.61.